The first kappa shape index (κ1) is 17.3. The van der Waals surface area contributed by atoms with E-state index >= 15 is 0 Å². The number of sulfonamides is 1. The van der Waals surface area contributed by atoms with Gasteiger partial charge in [0.15, 0.2) is 0 Å². The van der Waals surface area contributed by atoms with Crippen LogP contribution in [-0.2, 0) is 16.2 Å². The van der Waals surface area contributed by atoms with Gasteiger partial charge in [0.1, 0.15) is 0 Å². The minimum atomic E-state index is -4.74. The fourth-order valence-corrected chi connectivity index (χ4v) is 3.55. The van der Waals surface area contributed by atoms with Crippen LogP contribution in [0.4, 0.5) is 13.2 Å². The highest BCUT2D eigenvalue weighted by Crippen LogP contribution is 2.34. The molecule has 0 aliphatic heterocycles. The van der Waals surface area contributed by atoms with Crippen molar-refractivity contribution in [2.75, 3.05) is 5.88 Å². The molecule has 0 aliphatic carbocycles. The Morgan fingerprint density at radius 3 is 2.25 bits per heavy atom. The molecule has 0 bridgehead atoms. The third-order valence-electron chi connectivity index (χ3n) is 2.94. The number of rotatable bonds is 5. The number of nitrogens with one attached hydrogen (secondary N) is 1. The van der Waals surface area contributed by atoms with Crippen molar-refractivity contribution >= 4 is 21.6 Å². The highest BCUT2D eigenvalue weighted by Gasteiger charge is 2.38. The van der Waals surface area contributed by atoms with Crippen molar-refractivity contribution in [1.29, 1.82) is 0 Å². The van der Waals surface area contributed by atoms with Gasteiger partial charge in [-0.15, -0.1) is 11.6 Å². The number of halogens is 4. The van der Waals surface area contributed by atoms with Crippen molar-refractivity contribution in [3.05, 3.63) is 29.8 Å². The summed E-state index contributed by atoms with van der Waals surface area (Å²) in [7, 11) is -4.31. The predicted molar refractivity (Wildman–Crippen MR) is 71.2 cm³/mol. The van der Waals surface area contributed by atoms with Crippen LogP contribution in [0.25, 0.3) is 0 Å². The van der Waals surface area contributed by atoms with Crippen LogP contribution in [0, 0.1) is 0 Å². The fraction of sp³-hybridized carbons (Fsp3) is 0.500. The monoisotopic (exact) mass is 329 g/mol. The molecule has 1 unspecified atom stereocenters. The molecule has 1 rings (SSSR count). The molecule has 1 N–H and O–H groups in total. The maximum absolute atomic E-state index is 12.9. The topological polar surface area (TPSA) is 46.2 Å². The first-order valence-electron chi connectivity index (χ1n) is 5.82. The summed E-state index contributed by atoms with van der Waals surface area (Å²) in [5.74, 6) is -0.0447. The van der Waals surface area contributed by atoms with E-state index in [1.165, 1.54) is 13.0 Å². The number of hydrogen-bond acceptors (Lipinski definition) is 2. The summed E-state index contributed by atoms with van der Waals surface area (Å²) in [6.07, 6.45) is -4.39. The summed E-state index contributed by atoms with van der Waals surface area (Å²) in [5.41, 5.74) is -2.19. The molecular weight excluding hydrogens is 315 g/mol. The van der Waals surface area contributed by atoms with E-state index in [-0.39, 0.29) is 5.88 Å². The first-order chi connectivity index (χ1) is 9.06. The molecule has 1 atom stereocenters. The minimum Gasteiger partial charge on any atom is -0.207 e. The Hall–Kier alpha value is -0.790. The third kappa shape index (κ3) is 3.86. The molecule has 0 fully saturated rings. The van der Waals surface area contributed by atoms with Crippen LogP contribution in [0.1, 0.15) is 25.8 Å². The molecular formula is C12H15ClF3NO2S. The highest BCUT2D eigenvalue weighted by atomic mass is 35.5. The molecule has 20 heavy (non-hydrogen) atoms. The zero-order valence-corrected chi connectivity index (χ0v) is 12.5. The zero-order valence-electron chi connectivity index (χ0n) is 11.0. The Morgan fingerprint density at radius 2 is 1.80 bits per heavy atom. The van der Waals surface area contributed by atoms with E-state index in [0.29, 0.717) is 6.42 Å². The Labute approximate surface area is 121 Å². The van der Waals surface area contributed by atoms with Gasteiger partial charge >= 0.3 is 6.18 Å². The first-order valence-corrected chi connectivity index (χ1v) is 7.84. The number of benzene rings is 1. The molecule has 0 aliphatic rings. The smallest absolute Gasteiger partial charge is 0.207 e. The van der Waals surface area contributed by atoms with Gasteiger partial charge in [0.2, 0.25) is 10.0 Å². The molecule has 0 saturated heterocycles. The molecule has 0 amide bonds. The summed E-state index contributed by atoms with van der Waals surface area (Å²) in [5, 5.41) is 0. The summed E-state index contributed by atoms with van der Waals surface area (Å²) in [6.45, 7) is 3.23. The zero-order chi connectivity index (χ0) is 15.6. The minimum absolute atomic E-state index is 0.0447. The molecule has 0 radical (unpaired) electrons. The average Bonchev–Trinajstić information content (AvgIpc) is 2.37. The van der Waals surface area contributed by atoms with Crippen LogP contribution in [0.15, 0.2) is 29.2 Å². The highest BCUT2D eigenvalue weighted by molar-refractivity contribution is 7.89. The Bertz CT molecular complexity index is 568. The van der Waals surface area contributed by atoms with Crippen LogP contribution < -0.4 is 4.72 Å². The third-order valence-corrected chi connectivity index (χ3v) is 5.22. The summed E-state index contributed by atoms with van der Waals surface area (Å²) >= 11 is 5.68. The van der Waals surface area contributed by atoms with E-state index in [4.69, 9.17) is 11.6 Å². The summed E-state index contributed by atoms with van der Waals surface area (Å²) in [4.78, 5) is -0.794. The Morgan fingerprint density at radius 1 is 1.25 bits per heavy atom. The second-order valence-electron chi connectivity index (χ2n) is 4.65. The van der Waals surface area contributed by atoms with E-state index < -0.39 is 32.2 Å². The van der Waals surface area contributed by atoms with Crippen molar-refractivity contribution in [2.45, 2.75) is 36.9 Å². The van der Waals surface area contributed by atoms with Crippen molar-refractivity contribution in [3.63, 3.8) is 0 Å². The lowest BCUT2D eigenvalue weighted by Crippen LogP contribution is -2.47. The van der Waals surface area contributed by atoms with Crippen molar-refractivity contribution in [1.82, 2.24) is 4.72 Å². The second-order valence-corrected chi connectivity index (χ2v) is 6.57. The largest absolute Gasteiger partial charge is 0.417 e. The van der Waals surface area contributed by atoms with Crippen molar-refractivity contribution < 1.29 is 21.6 Å². The number of alkyl halides is 4. The van der Waals surface area contributed by atoms with E-state index in [9.17, 15) is 21.6 Å². The molecule has 0 saturated carbocycles. The maximum atomic E-state index is 12.9. The van der Waals surface area contributed by atoms with Gasteiger partial charge in [-0.25, -0.2) is 13.1 Å². The SMILES string of the molecule is CCC(C)(CCl)NS(=O)(=O)c1ccccc1C(F)(F)F. The fourth-order valence-electron chi connectivity index (χ4n) is 1.51. The second kappa shape index (κ2) is 5.91. The van der Waals surface area contributed by atoms with E-state index in [1.54, 1.807) is 6.92 Å². The van der Waals surface area contributed by atoms with Gasteiger partial charge in [0.05, 0.1) is 10.5 Å². The Kier molecular flexibility index (Phi) is 5.10. The van der Waals surface area contributed by atoms with Gasteiger partial charge in [-0.05, 0) is 25.5 Å². The van der Waals surface area contributed by atoms with Crippen molar-refractivity contribution in [2.24, 2.45) is 0 Å². The lowest BCUT2D eigenvalue weighted by Gasteiger charge is -2.27. The molecule has 0 heterocycles. The van der Waals surface area contributed by atoms with E-state index in [0.717, 1.165) is 18.2 Å². The standard InChI is InChI=1S/C12H15ClF3NO2S/c1-3-11(2,8-13)17-20(18,19)10-7-5-4-6-9(10)12(14,15)16/h4-7,17H,3,8H2,1-2H3. The molecule has 3 nitrogen and oxygen atoms in total. The average molecular weight is 330 g/mol. The lowest BCUT2D eigenvalue weighted by molar-refractivity contribution is -0.139. The molecule has 0 spiro atoms. The maximum Gasteiger partial charge on any atom is 0.417 e. The summed E-state index contributed by atoms with van der Waals surface area (Å²) in [6, 6.07) is 4.05. The van der Waals surface area contributed by atoms with Gasteiger partial charge in [-0.2, -0.15) is 13.2 Å². The van der Waals surface area contributed by atoms with E-state index in [1.807, 2.05) is 0 Å². The molecule has 1 aromatic carbocycles. The predicted octanol–water partition coefficient (Wildman–Crippen LogP) is 3.39. The van der Waals surface area contributed by atoms with Crippen LogP contribution in [0.2, 0.25) is 0 Å². The van der Waals surface area contributed by atoms with Crippen LogP contribution in [0.3, 0.4) is 0 Å². The van der Waals surface area contributed by atoms with E-state index in [2.05, 4.69) is 4.72 Å². The molecule has 114 valence electrons. The van der Waals surface area contributed by atoms with Crippen LogP contribution in [0.5, 0.6) is 0 Å². The van der Waals surface area contributed by atoms with Gasteiger partial charge in [0, 0.05) is 11.4 Å². The van der Waals surface area contributed by atoms with Gasteiger partial charge in [-0.3, -0.25) is 0 Å². The summed E-state index contributed by atoms with van der Waals surface area (Å²) < 4.78 is 65.1. The quantitative estimate of drug-likeness (QED) is 0.842. The van der Waals surface area contributed by atoms with Crippen LogP contribution >= 0.6 is 11.6 Å². The van der Waals surface area contributed by atoms with Crippen LogP contribution in [-0.4, -0.2) is 19.8 Å². The molecule has 0 aromatic heterocycles. The molecule has 1 aromatic rings. The lowest BCUT2D eigenvalue weighted by atomic mass is 10.0. The molecule has 8 heteroatoms. The number of hydrogen-bond donors (Lipinski definition) is 1. The Balaban J connectivity index is 3.31. The van der Waals surface area contributed by atoms with Gasteiger partial charge < -0.3 is 0 Å². The van der Waals surface area contributed by atoms with Gasteiger partial charge in [0.25, 0.3) is 0 Å². The van der Waals surface area contributed by atoms with Gasteiger partial charge in [-0.1, -0.05) is 19.1 Å². The normalized spacial score (nSPS) is 15.9. The van der Waals surface area contributed by atoms with Crippen molar-refractivity contribution in [3.8, 4) is 0 Å².